The van der Waals surface area contributed by atoms with Crippen LogP contribution < -0.4 is 20.9 Å². The van der Waals surface area contributed by atoms with E-state index in [2.05, 4.69) is 19.2 Å². The normalized spacial score (nSPS) is 17.6. The fourth-order valence-electron chi connectivity index (χ4n) is 1.57. The first-order valence-corrected chi connectivity index (χ1v) is 6.17. The Morgan fingerprint density at radius 3 is 2.59 bits per heavy atom. The van der Waals surface area contributed by atoms with E-state index >= 15 is 0 Å². The summed E-state index contributed by atoms with van der Waals surface area (Å²) < 4.78 is 5.48. The highest BCUT2D eigenvalue weighted by atomic mass is 16.5. The van der Waals surface area contributed by atoms with Crippen molar-refractivity contribution in [3.63, 3.8) is 0 Å². The zero-order valence-corrected chi connectivity index (χ0v) is 10.9. The second kappa shape index (κ2) is 7.14. The highest BCUT2D eigenvalue weighted by Crippen LogP contribution is 2.30. The number of nitrogens with zero attached hydrogens (tertiary/aromatic N) is 1. The molecule has 4 nitrogen and oxygen atoms in total. The van der Waals surface area contributed by atoms with Gasteiger partial charge >= 0.3 is 0 Å². The van der Waals surface area contributed by atoms with E-state index in [1.54, 1.807) is 5.01 Å². The van der Waals surface area contributed by atoms with Crippen molar-refractivity contribution >= 4 is 5.69 Å². The lowest BCUT2D eigenvalue weighted by molar-refractivity contribution is 0.271. The van der Waals surface area contributed by atoms with Gasteiger partial charge in [-0.15, -0.1) is 0 Å². The molecule has 1 atom stereocenters. The third-order valence-electron chi connectivity index (χ3n) is 2.60. The number of anilines is 1. The van der Waals surface area contributed by atoms with Crippen LogP contribution in [0.15, 0.2) is 24.3 Å². The van der Waals surface area contributed by atoms with Gasteiger partial charge in [0.15, 0.2) is 0 Å². The largest absolute Gasteiger partial charge is 0.489 e. The van der Waals surface area contributed by atoms with Crippen molar-refractivity contribution in [1.82, 2.24) is 5.32 Å². The molecule has 1 unspecified atom stereocenters. The highest BCUT2D eigenvalue weighted by Gasteiger charge is 2.20. The van der Waals surface area contributed by atoms with Gasteiger partial charge in [0, 0.05) is 0 Å². The highest BCUT2D eigenvalue weighted by molar-refractivity contribution is 5.59. The molecule has 0 spiro atoms. The van der Waals surface area contributed by atoms with Crippen LogP contribution in [-0.2, 0) is 0 Å². The number of hydrazine groups is 1. The first kappa shape index (κ1) is 13.8. The molecule has 1 heterocycles. The number of rotatable bonds is 2. The second-order valence-electron chi connectivity index (χ2n) is 3.99. The topological polar surface area (TPSA) is 50.5 Å². The molecule has 3 N–H and O–H groups in total. The lowest BCUT2D eigenvalue weighted by Crippen LogP contribution is -2.45. The maximum atomic E-state index is 5.84. The van der Waals surface area contributed by atoms with Crippen LogP contribution >= 0.6 is 0 Å². The number of benzene rings is 1. The van der Waals surface area contributed by atoms with Gasteiger partial charge in [0.25, 0.3) is 0 Å². The molecule has 0 bridgehead atoms. The minimum Gasteiger partial charge on any atom is -0.489 e. The molecule has 0 aliphatic carbocycles. The van der Waals surface area contributed by atoms with E-state index < -0.39 is 0 Å². The Hall–Kier alpha value is -1.26. The Balaban J connectivity index is 0.000000249. The molecule has 0 amide bonds. The minimum absolute atomic E-state index is 0.250. The average Bonchev–Trinajstić information content (AvgIpc) is 2.36. The summed E-state index contributed by atoms with van der Waals surface area (Å²) in [6.45, 7) is 9.09. The van der Waals surface area contributed by atoms with Gasteiger partial charge in [-0.3, -0.25) is 0 Å². The molecule has 0 saturated carbocycles. The van der Waals surface area contributed by atoms with Crippen LogP contribution in [0.2, 0.25) is 0 Å². The van der Waals surface area contributed by atoms with E-state index in [1.807, 2.05) is 31.2 Å². The average molecular weight is 237 g/mol. The summed E-state index contributed by atoms with van der Waals surface area (Å²) in [6, 6.07) is 8.05. The smallest absolute Gasteiger partial charge is 0.144 e. The van der Waals surface area contributed by atoms with Crippen LogP contribution in [0.4, 0.5) is 5.69 Å². The van der Waals surface area contributed by atoms with E-state index in [1.165, 1.54) is 0 Å². The van der Waals surface area contributed by atoms with Gasteiger partial charge in [0.1, 0.15) is 12.4 Å². The van der Waals surface area contributed by atoms with Crippen LogP contribution in [0.1, 0.15) is 20.8 Å². The van der Waals surface area contributed by atoms with Crippen LogP contribution in [0.25, 0.3) is 0 Å². The first-order valence-electron chi connectivity index (χ1n) is 6.17. The summed E-state index contributed by atoms with van der Waals surface area (Å²) in [5.74, 6) is 6.72. The minimum atomic E-state index is 0.250. The van der Waals surface area contributed by atoms with Crippen LogP contribution in [0.5, 0.6) is 5.75 Å². The van der Waals surface area contributed by atoms with E-state index in [-0.39, 0.29) is 6.04 Å². The Labute approximate surface area is 104 Å². The van der Waals surface area contributed by atoms with Crippen molar-refractivity contribution in [2.75, 3.05) is 24.7 Å². The number of para-hydroxylation sites is 2. The summed E-state index contributed by atoms with van der Waals surface area (Å²) in [4.78, 5) is 0. The van der Waals surface area contributed by atoms with Crippen LogP contribution in [0, 0.1) is 0 Å². The summed E-state index contributed by atoms with van der Waals surface area (Å²) in [5, 5.41) is 4.86. The number of hydrogen-bond acceptors (Lipinski definition) is 4. The number of fused-ring (bicyclic) bond motifs is 1. The molecular weight excluding hydrogens is 214 g/mol. The van der Waals surface area contributed by atoms with Gasteiger partial charge in [-0.05, 0) is 32.1 Å². The third-order valence-corrected chi connectivity index (χ3v) is 2.60. The molecule has 0 aromatic heterocycles. The van der Waals surface area contributed by atoms with Gasteiger partial charge in [-0.25, -0.2) is 5.84 Å². The SMILES string of the molecule is CC1COc2ccccc2N1N.CCNCC. The molecular formula is C13H23N3O. The van der Waals surface area contributed by atoms with E-state index in [0.29, 0.717) is 6.61 Å². The molecule has 0 fully saturated rings. The summed E-state index contributed by atoms with van der Waals surface area (Å²) >= 11 is 0. The molecule has 1 aliphatic heterocycles. The first-order chi connectivity index (χ1) is 8.20. The Morgan fingerprint density at radius 1 is 1.35 bits per heavy atom. The standard InChI is InChI=1S/C9H12N2O.C4H11N/c1-7-6-12-9-5-3-2-4-8(9)11(7)10;1-3-5-4-2/h2-5,7H,6,10H2,1H3;5H,3-4H2,1-2H3. The predicted octanol–water partition coefficient (Wildman–Crippen LogP) is 1.76. The van der Waals surface area contributed by atoms with E-state index in [4.69, 9.17) is 10.6 Å². The van der Waals surface area contributed by atoms with E-state index in [0.717, 1.165) is 24.5 Å². The zero-order chi connectivity index (χ0) is 12.7. The van der Waals surface area contributed by atoms with Crippen LogP contribution in [-0.4, -0.2) is 25.7 Å². The number of nitrogens with one attached hydrogen (secondary N) is 1. The summed E-state index contributed by atoms with van der Waals surface area (Å²) in [7, 11) is 0. The summed E-state index contributed by atoms with van der Waals surface area (Å²) in [6.07, 6.45) is 0. The molecule has 0 radical (unpaired) electrons. The van der Waals surface area contributed by atoms with Crippen molar-refractivity contribution in [2.24, 2.45) is 5.84 Å². The lowest BCUT2D eigenvalue weighted by atomic mass is 10.2. The molecule has 96 valence electrons. The third kappa shape index (κ3) is 3.91. The van der Waals surface area contributed by atoms with E-state index in [9.17, 15) is 0 Å². The van der Waals surface area contributed by atoms with Gasteiger partial charge in [-0.2, -0.15) is 0 Å². The maximum absolute atomic E-state index is 5.84. The van der Waals surface area contributed by atoms with Crippen molar-refractivity contribution in [3.05, 3.63) is 24.3 Å². The van der Waals surface area contributed by atoms with Gasteiger partial charge in [0.05, 0.1) is 11.7 Å². The maximum Gasteiger partial charge on any atom is 0.144 e. The van der Waals surface area contributed by atoms with Crippen molar-refractivity contribution in [3.8, 4) is 5.75 Å². The Morgan fingerprint density at radius 2 is 2.00 bits per heavy atom. The summed E-state index contributed by atoms with van der Waals surface area (Å²) in [5.41, 5.74) is 0.969. The van der Waals surface area contributed by atoms with Crippen molar-refractivity contribution in [2.45, 2.75) is 26.8 Å². The number of hydrogen-bond donors (Lipinski definition) is 2. The zero-order valence-electron chi connectivity index (χ0n) is 10.9. The van der Waals surface area contributed by atoms with Crippen molar-refractivity contribution in [1.29, 1.82) is 0 Å². The molecule has 17 heavy (non-hydrogen) atoms. The molecule has 1 aromatic rings. The Kier molecular flexibility index (Phi) is 5.80. The fraction of sp³-hybridized carbons (Fsp3) is 0.538. The molecule has 1 aromatic carbocycles. The lowest BCUT2D eigenvalue weighted by Gasteiger charge is -2.32. The number of ether oxygens (including phenoxy) is 1. The molecule has 0 saturated heterocycles. The van der Waals surface area contributed by atoms with Gasteiger partial charge < -0.3 is 15.1 Å². The molecule has 4 heteroatoms. The fourth-order valence-corrected chi connectivity index (χ4v) is 1.57. The quantitative estimate of drug-likeness (QED) is 0.770. The van der Waals surface area contributed by atoms with Gasteiger partial charge in [-0.1, -0.05) is 26.0 Å². The molecule has 1 aliphatic rings. The molecule has 2 rings (SSSR count). The van der Waals surface area contributed by atoms with Crippen molar-refractivity contribution < 1.29 is 4.74 Å². The predicted molar refractivity (Wildman–Crippen MR) is 72.3 cm³/mol. The number of nitrogens with two attached hydrogens (primary N) is 1. The van der Waals surface area contributed by atoms with Gasteiger partial charge in [0.2, 0.25) is 0 Å². The monoisotopic (exact) mass is 237 g/mol. The second-order valence-corrected chi connectivity index (χ2v) is 3.99. The van der Waals surface area contributed by atoms with Crippen LogP contribution in [0.3, 0.4) is 0 Å². The Bertz CT molecular complexity index is 328.